The molecule has 3 N–H and O–H groups in total. The lowest BCUT2D eigenvalue weighted by atomic mass is 9.83. The number of aryl methyl sites for hydroxylation is 1. The van der Waals surface area contributed by atoms with Crippen molar-refractivity contribution in [1.29, 1.82) is 0 Å². The Balaban J connectivity index is 1.55. The Morgan fingerprint density at radius 3 is 3.04 bits per heavy atom. The number of fused-ring (bicyclic) bond motifs is 2. The molecule has 7 heteroatoms. The SMILES string of the molecule is NC1=NNC2N=NC(c3c(C4CC=CCC4)nn4c3CCCC4)CC12. The number of hydrogen-bond acceptors (Lipinski definition) is 6. The maximum absolute atomic E-state index is 6.08. The number of rotatable bonds is 2. The van der Waals surface area contributed by atoms with Gasteiger partial charge in [0.2, 0.25) is 0 Å². The summed E-state index contributed by atoms with van der Waals surface area (Å²) in [7, 11) is 0. The molecule has 132 valence electrons. The predicted octanol–water partition coefficient (Wildman–Crippen LogP) is 2.76. The molecule has 0 saturated carbocycles. The van der Waals surface area contributed by atoms with Crippen molar-refractivity contribution >= 4 is 5.84 Å². The first-order chi connectivity index (χ1) is 12.3. The minimum Gasteiger partial charge on any atom is -0.385 e. The van der Waals surface area contributed by atoms with Gasteiger partial charge in [-0.2, -0.15) is 20.4 Å². The zero-order valence-electron chi connectivity index (χ0n) is 14.4. The first kappa shape index (κ1) is 15.1. The molecule has 1 aromatic heterocycles. The van der Waals surface area contributed by atoms with E-state index in [1.54, 1.807) is 0 Å². The fourth-order valence-corrected chi connectivity index (χ4v) is 4.69. The van der Waals surface area contributed by atoms with Gasteiger partial charge in [-0.15, -0.1) is 0 Å². The monoisotopic (exact) mass is 339 g/mol. The quantitative estimate of drug-likeness (QED) is 0.811. The Hall–Kier alpha value is -2.18. The number of nitrogens with zero attached hydrogens (tertiary/aromatic N) is 5. The van der Waals surface area contributed by atoms with Crippen LogP contribution in [0.15, 0.2) is 27.5 Å². The van der Waals surface area contributed by atoms with Crippen LogP contribution in [0.2, 0.25) is 0 Å². The Morgan fingerprint density at radius 1 is 1.20 bits per heavy atom. The number of amidine groups is 1. The van der Waals surface area contributed by atoms with Crippen LogP contribution < -0.4 is 11.2 Å². The van der Waals surface area contributed by atoms with Gasteiger partial charge in [0.1, 0.15) is 11.9 Å². The summed E-state index contributed by atoms with van der Waals surface area (Å²) in [5.41, 5.74) is 13.1. The molecular weight excluding hydrogens is 314 g/mol. The van der Waals surface area contributed by atoms with Gasteiger partial charge in [-0.1, -0.05) is 12.2 Å². The van der Waals surface area contributed by atoms with Crippen LogP contribution in [0.1, 0.15) is 67.4 Å². The van der Waals surface area contributed by atoms with Gasteiger partial charge in [-0.05, 0) is 44.9 Å². The van der Waals surface area contributed by atoms with Crippen LogP contribution in [-0.4, -0.2) is 21.8 Å². The van der Waals surface area contributed by atoms with Gasteiger partial charge >= 0.3 is 0 Å². The Bertz CT molecular complexity index is 760. The molecule has 1 aliphatic carbocycles. The third-order valence-corrected chi connectivity index (χ3v) is 6.04. The van der Waals surface area contributed by atoms with Gasteiger partial charge in [-0.3, -0.25) is 10.1 Å². The Kier molecular flexibility index (Phi) is 3.60. The molecule has 4 unspecified atom stereocenters. The van der Waals surface area contributed by atoms with Crippen LogP contribution in [0.3, 0.4) is 0 Å². The first-order valence-corrected chi connectivity index (χ1v) is 9.54. The molecule has 0 saturated heterocycles. The summed E-state index contributed by atoms with van der Waals surface area (Å²) >= 11 is 0. The summed E-state index contributed by atoms with van der Waals surface area (Å²) in [5, 5.41) is 18.4. The number of azo groups is 1. The van der Waals surface area contributed by atoms with E-state index in [1.807, 2.05) is 0 Å². The van der Waals surface area contributed by atoms with Gasteiger partial charge in [-0.25, -0.2) is 0 Å². The molecule has 4 heterocycles. The lowest BCUT2D eigenvalue weighted by Gasteiger charge is -2.27. The van der Waals surface area contributed by atoms with E-state index in [-0.39, 0.29) is 18.1 Å². The molecule has 0 fully saturated rings. The third-order valence-electron chi connectivity index (χ3n) is 6.04. The van der Waals surface area contributed by atoms with Crippen LogP contribution in [0.5, 0.6) is 0 Å². The van der Waals surface area contributed by atoms with Crippen molar-refractivity contribution in [2.45, 2.75) is 69.6 Å². The summed E-state index contributed by atoms with van der Waals surface area (Å²) in [6.45, 7) is 1.03. The van der Waals surface area contributed by atoms with Gasteiger partial charge < -0.3 is 5.73 Å². The second-order valence-electron chi connectivity index (χ2n) is 7.61. The molecule has 7 nitrogen and oxygen atoms in total. The average Bonchev–Trinajstić information content (AvgIpc) is 3.23. The Labute approximate surface area is 147 Å². The molecule has 3 aliphatic heterocycles. The smallest absolute Gasteiger partial charge is 0.164 e. The van der Waals surface area contributed by atoms with E-state index in [1.165, 1.54) is 36.2 Å². The van der Waals surface area contributed by atoms with Crippen LogP contribution in [0.4, 0.5) is 0 Å². The van der Waals surface area contributed by atoms with E-state index >= 15 is 0 Å². The second-order valence-corrected chi connectivity index (χ2v) is 7.61. The molecule has 25 heavy (non-hydrogen) atoms. The Morgan fingerprint density at radius 2 is 2.16 bits per heavy atom. The summed E-state index contributed by atoms with van der Waals surface area (Å²) in [6.07, 6.45) is 12.4. The minimum absolute atomic E-state index is 0.0673. The zero-order valence-corrected chi connectivity index (χ0v) is 14.4. The highest BCUT2D eigenvalue weighted by Crippen LogP contribution is 2.42. The molecular formula is C18H25N7. The molecule has 0 aromatic carbocycles. The molecule has 0 radical (unpaired) electrons. The lowest BCUT2D eigenvalue weighted by molar-refractivity contribution is 0.361. The molecule has 4 atom stereocenters. The van der Waals surface area contributed by atoms with Crippen LogP contribution in [0.25, 0.3) is 0 Å². The van der Waals surface area contributed by atoms with E-state index in [2.05, 4.69) is 37.6 Å². The minimum atomic E-state index is -0.0799. The fourth-order valence-electron chi connectivity index (χ4n) is 4.69. The normalized spacial score (nSPS) is 33.5. The van der Waals surface area contributed by atoms with Crippen LogP contribution >= 0.6 is 0 Å². The lowest BCUT2D eigenvalue weighted by Crippen LogP contribution is -2.34. The maximum Gasteiger partial charge on any atom is 0.164 e. The molecule has 0 spiro atoms. The number of hydrazone groups is 1. The molecule has 5 rings (SSSR count). The van der Waals surface area contributed by atoms with Gasteiger partial charge in [0, 0.05) is 23.7 Å². The largest absolute Gasteiger partial charge is 0.385 e. The number of nitrogens with two attached hydrogens (primary N) is 1. The highest BCUT2D eigenvalue weighted by atomic mass is 15.4. The van der Waals surface area contributed by atoms with E-state index in [4.69, 9.17) is 10.8 Å². The molecule has 1 aromatic rings. The van der Waals surface area contributed by atoms with Crippen molar-refractivity contribution in [3.05, 3.63) is 29.1 Å². The first-order valence-electron chi connectivity index (χ1n) is 9.54. The van der Waals surface area contributed by atoms with E-state index < -0.39 is 0 Å². The third kappa shape index (κ3) is 2.48. The molecule has 0 bridgehead atoms. The maximum atomic E-state index is 6.08. The number of allylic oxidation sites excluding steroid dienone is 2. The number of nitrogens with one attached hydrogen (secondary N) is 1. The van der Waals surface area contributed by atoms with Crippen molar-refractivity contribution in [3.8, 4) is 0 Å². The van der Waals surface area contributed by atoms with Crippen molar-refractivity contribution in [3.63, 3.8) is 0 Å². The summed E-state index contributed by atoms with van der Waals surface area (Å²) in [4.78, 5) is 0. The van der Waals surface area contributed by atoms with Crippen LogP contribution in [-0.2, 0) is 13.0 Å². The highest BCUT2D eigenvalue weighted by molar-refractivity contribution is 5.84. The van der Waals surface area contributed by atoms with E-state index in [0.717, 1.165) is 32.2 Å². The van der Waals surface area contributed by atoms with Crippen molar-refractivity contribution in [2.24, 2.45) is 27.0 Å². The summed E-state index contributed by atoms with van der Waals surface area (Å²) in [5.74, 6) is 1.33. The number of hydrogen-bond donors (Lipinski definition) is 2. The van der Waals surface area contributed by atoms with Gasteiger partial charge in [0.25, 0.3) is 0 Å². The topological polar surface area (TPSA) is 92.9 Å². The van der Waals surface area contributed by atoms with Crippen molar-refractivity contribution in [2.75, 3.05) is 0 Å². The number of aromatic nitrogens is 2. The fraction of sp³-hybridized carbons (Fsp3) is 0.667. The second kappa shape index (κ2) is 5.97. The van der Waals surface area contributed by atoms with Gasteiger partial charge in [0.15, 0.2) is 6.17 Å². The molecule has 0 amide bonds. The molecule has 4 aliphatic rings. The van der Waals surface area contributed by atoms with Crippen LogP contribution in [0, 0.1) is 5.92 Å². The average molecular weight is 339 g/mol. The van der Waals surface area contributed by atoms with Crippen molar-refractivity contribution in [1.82, 2.24) is 15.2 Å². The van der Waals surface area contributed by atoms with Gasteiger partial charge in [0.05, 0.1) is 11.6 Å². The highest BCUT2D eigenvalue weighted by Gasteiger charge is 2.39. The van der Waals surface area contributed by atoms with Crippen molar-refractivity contribution < 1.29 is 0 Å². The summed E-state index contributed by atoms with van der Waals surface area (Å²) < 4.78 is 2.25. The zero-order chi connectivity index (χ0) is 16.8. The standard InChI is InChI=1S/C18H25N7/c19-17-12-10-13(20-22-18(12)23-21-17)15-14-8-4-5-9-25(14)24-16(15)11-6-2-1-3-7-11/h1-2,11-13,18,23H,3-10H2,(H2,19,21). The predicted molar refractivity (Wildman–Crippen MR) is 95.1 cm³/mol. The van der Waals surface area contributed by atoms with E-state index in [9.17, 15) is 0 Å². The summed E-state index contributed by atoms with van der Waals surface area (Å²) in [6, 6.07) is 0.0673. The van der Waals surface area contributed by atoms with E-state index in [0.29, 0.717) is 11.8 Å².